The number of benzene rings is 2. The second-order valence-corrected chi connectivity index (χ2v) is 6.92. The minimum absolute atomic E-state index is 0.0530. The Labute approximate surface area is 163 Å². The molecule has 0 unspecified atom stereocenters. The molecule has 3 aromatic rings. The van der Waals surface area contributed by atoms with Gasteiger partial charge in [0.2, 0.25) is 0 Å². The second-order valence-electron chi connectivity index (χ2n) is 6.92. The normalized spacial score (nSPS) is 15.8. The van der Waals surface area contributed by atoms with E-state index in [1.165, 1.54) is 10.9 Å². The van der Waals surface area contributed by atoms with Gasteiger partial charge in [-0.25, -0.2) is 0 Å². The molecule has 1 amide bonds. The zero-order valence-electron chi connectivity index (χ0n) is 16.3. The minimum Gasteiger partial charge on any atom is -0.497 e. The Kier molecular flexibility index (Phi) is 4.86. The molecule has 0 radical (unpaired) electrons. The topological polar surface area (TPSA) is 72.6 Å². The minimum atomic E-state index is -0.130. The van der Waals surface area contributed by atoms with E-state index in [1.807, 2.05) is 12.1 Å². The van der Waals surface area contributed by atoms with Gasteiger partial charge < -0.3 is 24.5 Å². The summed E-state index contributed by atoms with van der Waals surface area (Å²) in [7, 11) is 4.81. The van der Waals surface area contributed by atoms with E-state index in [0.717, 1.165) is 36.2 Å². The Hall–Kier alpha value is -3.15. The molecule has 1 aromatic heterocycles. The van der Waals surface area contributed by atoms with E-state index in [9.17, 15) is 4.79 Å². The molecular weight excluding hydrogens is 356 g/mol. The summed E-state index contributed by atoms with van der Waals surface area (Å²) in [5, 5.41) is 4.34. The molecule has 0 saturated carbocycles. The van der Waals surface area contributed by atoms with Crippen LogP contribution >= 0.6 is 0 Å². The maximum atomic E-state index is 12.9. The number of fused-ring (bicyclic) bond motifs is 3. The molecule has 1 aliphatic carbocycles. The lowest BCUT2D eigenvalue weighted by molar-refractivity contribution is 0.0931. The number of nitrogens with one attached hydrogen (secondary N) is 2. The molecule has 1 heterocycles. The number of aryl methyl sites for hydroxylation is 1. The van der Waals surface area contributed by atoms with Crippen LogP contribution < -0.4 is 19.5 Å². The average molecular weight is 380 g/mol. The average Bonchev–Trinajstić information content (AvgIpc) is 3.12. The number of hydrogen-bond acceptors (Lipinski definition) is 4. The van der Waals surface area contributed by atoms with Crippen LogP contribution in [0.15, 0.2) is 36.4 Å². The van der Waals surface area contributed by atoms with E-state index in [0.29, 0.717) is 17.1 Å². The van der Waals surface area contributed by atoms with Gasteiger partial charge in [-0.1, -0.05) is 0 Å². The molecule has 2 N–H and O–H groups in total. The van der Waals surface area contributed by atoms with E-state index in [4.69, 9.17) is 14.2 Å². The number of aromatic amines is 1. The number of methoxy groups -OCH3 is 3. The summed E-state index contributed by atoms with van der Waals surface area (Å²) in [4.78, 5) is 16.4. The molecular formula is C22H24N2O4. The van der Waals surface area contributed by atoms with Crippen molar-refractivity contribution in [3.05, 3.63) is 53.2 Å². The number of carbonyl (C=O) groups is 1. The summed E-state index contributed by atoms with van der Waals surface area (Å²) < 4.78 is 15.9. The van der Waals surface area contributed by atoms with Gasteiger partial charge in [0.1, 0.15) is 5.75 Å². The van der Waals surface area contributed by atoms with Crippen LogP contribution in [0.5, 0.6) is 17.2 Å². The molecule has 28 heavy (non-hydrogen) atoms. The van der Waals surface area contributed by atoms with Crippen LogP contribution in [-0.2, 0) is 6.42 Å². The Bertz CT molecular complexity index is 1020. The van der Waals surface area contributed by atoms with Crippen molar-refractivity contribution in [3.63, 3.8) is 0 Å². The van der Waals surface area contributed by atoms with Gasteiger partial charge in [0, 0.05) is 22.2 Å². The Morgan fingerprint density at radius 2 is 1.86 bits per heavy atom. The molecule has 1 aliphatic rings. The Balaban J connectivity index is 1.62. The Morgan fingerprint density at radius 3 is 2.61 bits per heavy atom. The number of ether oxygens (including phenoxy) is 3. The summed E-state index contributed by atoms with van der Waals surface area (Å²) >= 11 is 0. The zero-order chi connectivity index (χ0) is 19.7. The standard InChI is InChI=1S/C22H24N2O4/c1-26-14-8-9-17-16(12-14)15-5-4-6-18(21(15)23-17)24-22(25)13-7-10-19(27-2)20(11-13)28-3/h7-12,18,23H,4-6H2,1-3H3,(H,24,25)/t18-/m1/s1. The largest absolute Gasteiger partial charge is 0.497 e. The van der Waals surface area contributed by atoms with Crippen molar-refractivity contribution in [3.8, 4) is 17.2 Å². The van der Waals surface area contributed by atoms with E-state index < -0.39 is 0 Å². The molecule has 4 rings (SSSR count). The van der Waals surface area contributed by atoms with Gasteiger partial charge in [-0.2, -0.15) is 0 Å². The Morgan fingerprint density at radius 1 is 1.04 bits per heavy atom. The van der Waals surface area contributed by atoms with E-state index >= 15 is 0 Å². The first-order valence-electron chi connectivity index (χ1n) is 9.36. The third-order valence-electron chi connectivity index (χ3n) is 5.37. The fourth-order valence-corrected chi connectivity index (χ4v) is 3.93. The number of hydrogen-bond donors (Lipinski definition) is 2. The van der Waals surface area contributed by atoms with Crippen molar-refractivity contribution in [1.29, 1.82) is 0 Å². The van der Waals surface area contributed by atoms with Crippen LogP contribution in [0.2, 0.25) is 0 Å². The van der Waals surface area contributed by atoms with Gasteiger partial charge >= 0.3 is 0 Å². The van der Waals surface area contributed by atoms with E-state index in [-0.39, 0.29) is 11.9 Å². The van der Waals surface area contributed by atoms with Gasteiger partial charge in [-0.3, -0.25) is 4.79 Å². The first-order chi connectivity index (χ1) is 13.6. The highest BCUT2D eigenvalue weighted by Crippen LogP contribution is 2.36. The quantitative estimate of drug-likeness (QED) is 0.702. The smallest absolute Gasteiger partial charge is 0.251 e. The van der Waals surface area contributed by atoms with Crippen LogP contribution in [0.4, 0.5) is 0 Å². The highest BCUT2D eigenvalue weighted by molar-refractivity contribution is 5.95. The number of H-pyrrole nitrogens is 1. The van der Waals surface area contributed by atoms with Crippen molar-refractivity contribution in [2.75, 3.05) is 21.3 Å². The number of amides is 1. The van der Waals surface area contributed by atoms with Gasteiger partial charge in [0.15, 0.2) is 11.5 Å². The highest BCUT2D eigenvalue weighted by Gasteiger charge is 2.26. The van der Waals surface area contributed by atoms with Crippen molar-refractivity contribution < 1.29 is 19.0 Å². The lowest BCUT2D eigenvalue weighted by atomic mass is 9.91. The molecule has 0 aliphatic heterocycles. The summed E-state index contributed by atoms with van der Waals surface area (Å²) in [6, 6.07) is 11.2. The SMILES string of the molecule is COc1ccc2[nH]c3c(c2c1)CCC[C@H]3NC(=O)c1ccc(OC)c(OC)c1. The molecule has 0 saturated heterocycles. The monoisotopic (exact) mass is 380 g/mol. The summed E-state index contributed by atoms with van der Waals surface area (Å²) in [5.74, 6) is 1.85. The van der Waals surface area contributed by atoms with Crippen LogP contribution in [0.1, 0.15) is 40.5 Å². The summed E-state index contributed by atoms with van der Waals surface area (Å²) in [6.45, 7) is 0. The van der Waals surface area contributed by atoms with E-state index in [2.05, 4.69) is 16.4 Å². The first kappa shape index (κ1) is 18.2. The van der Waals surface area contributed by atoms with Gasteiger partial charge in [-0.05, 0) is 61.2 Å². The lowest BCUT2D eigenvalue weighted by Gasteiger charge is -2.24. The fraction of sp³-hybridized carbons (Fsp3) is 0.318. The molecule has 0 fully saturated rings. The van der Waals surface area contributed by atoms with Crippen LogP contribution in [0.3, 0.4) is 0 Å². The number of carbonyl (C=O) groups excluding carboxylic acids is 1. The maximum Gasteiger partial charge on any atom is 0.251 e. The predicted octanol–water partition coefficient (Wildman–Crippen LogP) is 4.00. The molecule has 2 aromatic carbocycles. The second kappa shape index (κ2) is 7.46. The van der Waals surface area contributed by atoms with Crippen molar-refractivity contribution >= 4 is 16.8 Å². The predicted molar refractivity (Wildman–Crippen MR) is 108 cm³/mol. The lowest BCUT2D eigenvalue weighted by Crippen LogP contribution is -2.31. The molecule has 0 bridgehead atoms. The first-order valence-corrected chi connectivity index (χ1v) is 9.36. The van der Waals surface area contributed by atoms with Gasteiger partial charge in [0.05, 0.1) is 27.4 Å². The van der Waals surface area contributed by atoms with Gasteiger partial charge in [-0.15, -0.1) is 0 Å². The van der Waals surface area contributed by atoms with Crippen LogP contribution in [0, 0.1) is 0 Å². The number of aromatic nitrogens is 1. The number of rotatable bonds is 5. The molecule has 1 atom stereocenters. The molecule has 6 nitrogen and oxygen atoms in total. The highest BCUT2D eigenvalue weighted by atomic mass is 16.5. The molecule has 146 valence electrons. The third-order valence-corrected chi connectivity index (χ3v) is 5.37. The van der Waals surface area contributed by atoms with Gasteiger partial charge in [0.25, 0.3) is 5.91 Å². The summed E-state index contributed by atoms with van der Waals surface area (Å²) in [6.07, 6.45) is 2.91. The molecule has 6 heteroatoms. The van der Waals surface area contributed by atoms with Crippen molar-refractivity contribution in [2.45, 2.75) is 25.3 Å². The van der Waals surface area contributed by atoms with Crippen molar-refractivity contribution in [1.82, 2.24) is 10.3 Å². The summed E-state index contributed by atoms with van der Waals surface area (Å²) in [5.41, 5.74) is 3.96. The van der Waals surface area contributed by atoms with Crippen LogP contribution in [-0.4, -0.2) is 32.2 Å². The van der Waals surface area contributed by atoms with Crippen molar-refractivity contribution in [2.24, 2.45) is 0 Å². The zero-order valence-corrected chi connectivity index (χ0v) is 16.3. The maximum absolute atomic E-state index is 12.9. The third kappa shape index (κ3) is 3.15. The fourth-order valence-electron chi connectivity index (χ4n) is 3.93. The van der Waals surface area contributed by atoms with Crippen LogP contribution in [0.25, 0.3) is 10.9 Å². The van der Waals surface area contributed by atoms with E-state index in [1.54, 1.807) is 39.5 Å². The molecule has 0 spiro atoms.